The van der Waals surface area contributed by atoms with E-state index < -0.39 is 6.55 Å². The minimum absolute atomic E-state index is 0.201. The maximum Gasteiger partial charge on any atom is 0.319 e. The van der Waals surface area contributed by atoms with Crippen molar-refractivity contribution < 1.29 is 8.78 Å². The van der Waals surface area contributed by atoms with Crippen molar-refractivity contribution in [1.29, 1.82) is 0 Å². The van der Waals surface area contributed by atoms with Crippen molar-refractivity contribution >= 4 is 5.82 Å². The van der Waals surface area contributed by atoms with E-state index in [0.29, 0.717) is 12.4 Å². The number of imidazole rings is 1. The summed E-state index contributed by atoms with van der Waals surface area (Å²) in [6.07, 6.45) is 5.81. The summed E-state index contributed by atoms with van der Waals surface area (Å²) in [4.78, 5) is 17.3. The third-order valence-corrected chi connectivity index (χ3v) is 4.21. The molecule has 130 valence electrons. The van der Waals surface area contributed by atoms with Crippen LogP contribution in [0.5, 0.6) is 0 Å². The highest BCUT2D eigenvalue weighted by Crippen LogP contribution is 2.21. The van der Waals surface area contributed by atoms with Gasteiger partial charge < -0.3 is 10.2 Å². The van der Waals surface area contributed by atoms with Crippen molar-refractivity contribution in [2.24, 2.45) is 0 Å². The molecule has 24 heavy (non-hydrogen) atoms. The van der Waals surface area contributed by atoms with Gasteiger partial charge in [0.2, 0.25) is 0 Å². The Bertz CT molecular complexity index is 695. The maximum atomic E-state index is 12.8. The fourth-order valence-electron chi connectivity index (χ4n) is 3.02. The molecule has 0 saturated carbocycles. The number of nitrogens with one attached hydrogen (secondary N) is 2. The van der Waals surface area contributed by atoms with Crippen LogP contribution in [0.15, 0.2) is 29.3 Å². The van der Waals surface area contributed by atoms with Gasteiger partial charge in [-0.05, 0) is 25.3 Å². The molecule has 9 heteroatoms. The number of hydrogen-bond donors (Lipinski definition) is 2. The Morgan fingerprint density at radius 2 is 2.25 bits per heavy atom. The summed E-state index contributed by atoms with van der Waals surface area (Å²) in [5.74, 6) is 1.05. The number of alkyl halides is 2. The molecule has 3 rings (SSSR count). The van der Waals surface area contributed by atoms with E-state index >= 15 is 0 Å². The Morgan fingerprint density at radius 3 is 3.00 bits per heavy atom. The molecule has 3 heterocycles. The molecule has 1 unspecified atom stereocenters. The van der Waals surface area contributed by atoms with Gasteiger partial charge in [0.25, 0.3) is 5.56 Å². The first-order valence-electron chi connectivity index (χ1n) is 7.98. The molecule has 1 aliphatic rings. The Morgan fingerprint density at radius 1 is 1.38 bits per heavy atom. The molecule has 7 nitrogen and oxygen atoms in total. The van der Waals surface area contributed by atoms with Crippen molar-refractivity contribution in [3.8, 4) is 0 Å². The van der Waals surface area contributed by atoms with Gasteiger partial charge in [0.15, 0.2) is 0 Å². The predicted molar refractivity (Wildman–Crippen MR) is 85.0 cm³/mol. The number of halogens is 2. The van der Waals surface area contributed by atoms with E-state index in [2.05, 4.69) is 25.4 Å². The van der Waals surface area contributed by atoms with Crippen LogP contribution in [0.25, 0.3) is 0 Å². The van der Waals surface area contributed by atoms with E-state index in [1.165, 1.54) is 18.5 Å². The molecule has 0 amide bonds. The second kappa shape index (κ2) is 7.52. The predicted octanol–water partition coefficient (Wildman–Crippen LogP) is 1.51. The number of aromatic amines is 1. The quantitative estimate of drug-likeness (QED) is 0.835. The van der Waals surface area contributed by atoms with Crippen LogP contribution in [-0.4, -0.2) is 38.9 Å². The van der Waals surface area contributed by atoms with Gasteiger partial charge >= 0.3 is 6.55 Å². The summed E-state index contributed by atoms with van der Waals surface area (Å²) >= 11 is 0. The second-order valence-electron chi connectivity index (χ2n) is 5.78. The molecular weight excluding hydrogens is 318 g/mol. The average Bonchev–Trinajstić information content (AvgIpc) is 3.05. The summed E-state index contributed by atoms with van der Waals surface area (Å²) in [6.45, 7) is -0.810. The lowest BCUT2D eigenvalue weighted by molar-refractivity contribution is 0.0666. The Balaban J connectivity index is 1.61. The third-order valence-electron chi connectivity index (χ3n) is 4.21. The fourth-order valence-corrected chi connectivity index (χ4v) is 3.02. The molecule has 1 aliphatic heterocycles. The van der Waals surface area contributed by atoms with Crippen molar-refractivity contribution in [2.75, 3.05) is 18.0 Å². The van der Waals surface area contributed by atoms with Crippen LogP contribution in [0.3, 0.4) is 0 Å². The van der Waals surface area contributed by atoms with Gasteiger partial charge in [-0.25, -0.2) is 10.1 Å². The number of aromatic nitrogens is 4. The molecule has 0 bridgehead atoms. The summed E-state index contributed by atoms with van der Waals surface area (Å²) < 4.78 is 26.5. The summed E-state index contributed by atoms with van der Waals surface area (Å²) in [5, 5.41) is 9.75. The van der Waals surface area contributed by atoms with Gasteiger partial charge in [-0.2, -0.15) is 13.9 Å². The molecule has 2 N–H and O–H groups in total. The molecule has 2 aromatic rings. The molecule has 2 aromatic heterocycles. The van der Waals surface area contributed by atoms with Gasteiger partial charge in [0, 0.05) is 37.6 Å². The highest BCUT2D eigenvalue weighted by molar-refractivity contribution is 5.38. The zero-order valence-electron chi connectivity index (χ0n) is 13.2. The number of H-pyrrole nitrogens is 1. The van der Waals surface area contributed by atoms with Crippen molar-refractivity contribution in [2.45, 2.75) is 38.4 Å². The van der Waals surface area contributed by atoms with Crippen LogP contribution in [0.4, 0.5) is 14.6 Å². The molecule has 1 atom stereocenters. The third kappa shape index (κ3) is 3.78. The molecule has 0 aliphatic carbocycles. The smallest absolute Gasteiger partial charge is 0.319 e. The van der Waals surface area contributed by atoms with Crippen LogP contribution < -0.4 is 15.8 Å². The highest BCUT2D eigenvalue weighted by Gasteiger charge is 2.23. The van der Waals surface area contributed by atoms with Crippen LogP contribution in [0.1, 0.15) is 31.6 Å². The number of piperidine rings is 1. The summed E-state index contributed by atoms with van der Waals surface area (Å²) in [6, 6.07) is 3.37. The minimum Gasteiger partial charge on any atom is -0.351 e. The Labute approximate surface area is 137 Å². The number of rotatable bonds is 6. The van der Waals surface area contributed by atoms with E-state index in [1.807, 2.05) is 0 Å². The zero-order valence-corrected chi connectivity index (χ0v) is 13.2. The first kappa shape index (κ1) is 16.6. The van der Waals surface area contributed by atoms with Crippen LogP contribution in [0, 0.1) is 0 Å². The number of anilines is 1. The van der Waals surface area contributed by atoms with E-state index in [4.69, 9.17) is 0 Å². The standard InChI is InChI=1S/C15H20F2N6O/c16-15(17)23-8-6-19-13(23)10-18-9-11-3-1-2-7-22(11)12-4-5-14(24)21-20-12/h4-6,8,11,15,18H,1-3,7,9-10H2,(H,21,24). The van der Waals surface area contributed by atoms with Gasteiger partial charge in [-0.15, -0.1) is 0 Å². The molecule has 0 spiro atoms. The van der Waals surface area contributed by atoms with E-state index in [-0.39, 0.29) is 18.1 Å². The van der Waals surface area contributed by atoms with E-state index in [1.54, 1.807) is 6.07 Å². The average molecular weight is 338 g/mol. The second-order valence-corrected chi connectivity index (χ2v) is 5.78. The normalized spacial score (nSPS) is 18.3. The topological polar surface area (TPSA) is 78.8 Å². The van der Waals surface area contributed by atoms with Gasteiger partial charge in [0.05, 0.1) is 6.54 Å². The summed E-state index contributed by atoms with van der Waals surface area (Å²) in [5.41, 5.74) is -0.232. The van der Waals surface area contributed by atoms with Crippen molar-refractivity contribution in [1.82, 2.24) is 25.1 Å². The lowest BCUT2D eigenvalue weighted by atomic mass is 10.0. The van der Waals surface area contributed by atoms with Gasteiger partial charge in [-0.3, -0.25) is 9.36 Å². The number of nitrogens with zero attached hydrogens (tertiary/aromatic N) is 4. The first-order chi connectivity index (χ1) is 11.6. The lowest BCUT2D eigenvalue weighted by Gasteiger charge is -2.36. The summed E-state index contributed by atoms with van der Waals surface area (Å²) in [7, 11) is 0. The maximum absolute atomic E-state index is 12.8. The lowest BCUT2D eigenvalue weighted by Crippen LogP contribution is -2.46. The van der Waals surface area contributed by atoms with E-state index in [9.17, 15) is 13.6 Å². The Hall–Kier alpha value is -2.29. The molecular formula is C15H20F2N6O. The number of hydrogen-bond acceptors (Lipinski definition) is 5. The molecule has 1 fully saturated rings. The molecule has 0 radical (unpaired) electrons. The zero-order chi connectivity index (χ0) is 16.9. The fraction of sp³-hybridized carbons (Fsp3) is 0.533. The van der Waals surface area contributed by atoms with Crippen LogP contribution >= 0.6 is 0 Å². The first-order valence-corrected chi connectivity index (χ1v) is 7.98. The van der Waals surface area contributed by atoms with Crippen molar-refractivity contribution in [3.63, 3.8) is 0 Å². The van der Waals surface area contributed by atoms with E-state index in [0.717, 1.165) is 36.2 Å². The van der Waals surface area contributed by atoms with Crippen LogP contribution in [0.2, 0.25) is 0 Å². The van der Waals surface area contributed by atoms with Gasteiger partial charge in [-0.1, -0.05) is 0 Å². The van der Waals surface area contributed by atoms with Gasteiger partial charge in [0.1, 0.15) is 11.6 Å². The monoisotopic (exact) mass is 338 g/mol. The molecule has 1 saturated heterocycles. The van der Waals surface area contributed by atoms with Crippen molar-refractivity contribution in [3.05, 3.63) is 40.7 Å². The highest BCUT2D eigenvalue weighted by atomic mass is 19.3. The molecule has 0 aromatic carbocycles. The van der Waals surface area contributed by atoms with Crippen LogP contribution in [-0.2, 0) is 6.54 Å². The Kier molecular flexibility index (Phi) is 5.19. The SMILES string of the molecule is O=c1ccc(N2CCCCC2CNCc2nccn2C(F)F)n[nH]1. The minimum atomic E-state index is -2.58. The largest absolute Gasteiger partial charge is 0.351 e.